The van der Waals surface area contributed by atoms with Crippen molar-refractivity contribution >= 4 is 21.4 Å². The second-order valence-electron chi connectivity index (χ2n) is 5.92. The average molecular weight is 390 g/mol. The number of piperazine rings is 1. The summed E-state index contributed by atoms with van der Waals surface area (Å²) >= 11 is 0. The molecule has 2 aromatic rings. The number of nitro benzene ring substituents is 1. The predicted molar refractivity (Wildman–Crippen MR) is 95.2 cm³/mol. The molecule has 10 heteroatoms. The first-order chi connectivity index (χ1) is 12.8. The van der Waals surface area contributed by atoms with Crippen LogP contribution in [0.25, 0.3) is 0 Å². The molecule has 1 saturated heterocycles. The number of benzene rings is 2. The Balaban J connectivity index is 1.80. The maximum atomic E-state index is 13.4. The van der Waals surface area contributed by atoms with Gasteiger partial charge in [-0.25, -0.2) is 12.8 Å². The van der Waals surface area contributed by atoms with E-state index in [4.69, 9.17) is 5.26 Å². The number of sulfonamides is 1. The molecule has 0 radical (unpaired) electrons. The zero-order valence-corrected chi connectivity index (χ0v) is 14.9. The largest absolute Gasteiger partial charge is 0.363 e. The van der Waals surface area contributed by atoms with Gasteiger partial charge < -0.3 is 4.90 Å². The third-order valence-corrected chi connectivity index (χ3v) is 6.21. The Morgan fingerprint density at radius 1 is 1.11 bits per heavy atom. The highest BCUT2D eigenvalue weighted by Crippen LogP contribution is 2.30. The summed E-state index contributed by atoms with van der Waals surface area (Å²) in [6, 6.07) is 10.8. The van der Waals surface area contributed by atoms with E-state index in [0.29, 0.717) is 5.69 Å². The van der Waals surface area contributed by atoms with Crippen molar-refractivity contribution in [3.05, 3.63) is 64.0 Å². The van der Waals surface area contributed by atoms with E-state index < -0.39 is 20.8 Å². The Kier molecular flexibility index (Phi) is 5.07. The molecule has 0 aromatic heterocycles. The molecule has 1 aliphatic heterocycles. The van der Waals surface area contributed by atoms with Gasteiger partial charge in [0.15, 0.2) is 0 Å². The van der Waals surface area contributed by atoms with Crippen molar-refractivity contribution in [2.75, 3.05) is 31.1 Å². The van der Waals surface area contributed by atoms with Crippen LogP contribution in [0.4, 0.5) is 15.8 Å². The Labute approximate surface area is 155 Å². The molecule has 27 heavy (non-hydrogen) atoms. The zero-order valence-electron chi connectivity index (χ0n) is 14.1. The molecule has 0 bridgehead atoms. The van der Waals surface area contributed by atoms with Crippen molar-refractivity contribution in [3.63, 3.8) is 0 Å². The van der Waals surface area contributed by atoms with Crippen LogP contribution in [0.15, 0.2) is 47.4 Å². The Morgan fingerprint density at radius 3 is 2.41 bits per heavy atom. The summed E-state index contributed by atoms with van der Waals surface area (Å²) in [5, 5.41) is 20.2. The second kappa shape index (κ2) is 7.30. The number of hydrogen-bond acceptors (Lipinski definition) is 6. The van der Waals surface area contributed by atoms with E-state index in [1.54, 1.807) is 4.90 Å². The molecule has 140 valence electrons. The third kappa shape index (κ3) is 3.74. The fraction of sp³-hybridized carbons (Fsp3) is 0.235. The summed E-state index contributed by atoms with van der Waals surface area (Å²) in [4.78, 5) is 12.3. The van der Waals surface area contributed by atoms with Gasteiger partial charge in [-0.15, -0.1) is 0 Å². The number of nitrogens with zero attached hydrogens (tertiary/aromatic N) is 4. The molecule has 0 amide bonds. The highest BCUT2D eigenvalue weighted by atomic mass is 32.2. The maximum absolute atomic E-state index is 13.4. The Bertz CT molecular complexity index is 1030. The van der Waals surface area contributed by atoms with Crippen LogP contribution in [0, 0.1) is 27.3 Å². The monoisotopic (exact) mass is 390 g/mol. The second-order valence-corrected chi connectivity index (χ2v) is 7.86. The first kappa shape index (κ1) is 18.8. The standard InChI is InChI=1S/C17H15FN4O4S/c18-14-2-1-3-15(11-14)27(25,26)21-8-6-20(7-9-21)16-5-4-13(12-19)10-17(16)22(23)24/h1-5,10-11H,6-9H2. The van der Waals surface area contributed by atoms with Crippen molar-refractivity contribution in [1.82, 2.24) is 4.31 Å². The zero-order chi connectivity index (χ0) is 19.6. The smallest absolute Gasteiger partial charge is 0.293 e. The minimum atomic E-state index is -3.84. The van der Waals surface area contributed by atoms with E-state index in [9.17, 15) is 22.9 Å². The number of hydrogen-bond donors (Lipinski definition) is 0. The van der Waals surface area contributed by atoms with Gasteiger partial charge >= 0.3 is 0 Å². The lowest BCUT2D eigenvalue weighted by Crippen LogP contribution is -2.48. The Morgan fingerprint density at radius 2 is 1.81 bits per heavy atom. The van der Waals surface area contributed by atoms with Crippen LogP contribution in [0.2, 0.25) is 0 Å². The molecule has 0 aliphatic carbocycles. The number of anilines is 1. The molecular weight excluding hydrogens is 375 g/mol. The van der Waals surface area contributed by atoms with Crippen LogP contribution >= 0.6 is 0 Å². The molecule has 2 aromatic carbocycles. The first-order valence-corrected chi connectivity index (χ1v) is 9.46. The quantitative estimate of drug-likeness (QED) is 0.584. The van der Waals surface area contributed by atoms with Gasteiger partial charge in [0.1, 0.15) is 11.5 Å². The molecule has 0 saturated carbocycles. The number of nitro groups is 1. The fourth-order valence-electron chi connectivity index (χ4n) is 2.95. The van der Waals surface area contributed by atoms with Gasteiger partial charge in [-0.1, -0.05) is 6.07 Å². The Hall–Kier alpha value is -3.03. The lowest BCUT2D eigenvalue weighted by Gasteiger charge is -2.35. The summed E-state index contributed by atoms with van der Waals surface area (Å²) in [6.07, 6.45) is 0. The first-order valence-electron chi connectivity index (χ1n) is 8.02. The number of nitriles is 1. The minimum absolute atomic E-state index is 0.107. The number of halogens is 1. The normalized spacial score (nSPS) is 15.3. The van der Waals surface area contributed by atoms with Crippen LogP contribution in [0.3, 0.4) is 0 Å². The summed E-state index contributed by atoms with van der Waals surface area (Å²) in [5.74, 6) is -0.636. The van der Waals surface area contributed by atoms with Gasteiger partial charge in [0.05, 0.1) is 21.5 Å². The summed E-state index contributed by atoms with van der Waals surface area (Å²) in [5.41, 5.74) is 0.315. The summed E-state index contributed by atoms with van der Waals surface area (Å²) in [6.45, 7) is 0.689. The van der Waals surface area contributed by atoms with Gasteiger partial charge in [0.25, 0.3) is 5.69 Å². The van der Waals surface area contributed by atoms with Crippen molar-refractivity contribution in [3.8, 4) is 6.07 Å². The third-order valence-electron chi connectivity index (χ3n) is 4.31. The predicted octanol–water partition coefficient (Wildman–Crippen LogP) is 2.12. The lowest BCUT2D eigenvalue weighted by atomic mass is 10.1. The molecule has 1 heterocycles. The van der Waals surface area contributed by atoms with Crippen molar-refractivity contribution in [2.24, 2.45) is 0 Å². The molecule has 1 aliphatic rings. The molecule has 1 fully saturated rings. The van der Waals surface area contributed by atoms with Gasteiger partial charge in [-0.2, -0.15) is 9.57 Å². The van der Waals surface area contributed by atoms with E-state index in [0.717, 1.165) is 6.07 Å². The van der Waals surface area contributed by atoms with E-state index in [2.05, 4.69) is 0 Å². The van der Waals surface area contributed by atoms with Crippen LogP contribution in [-0.2, 0) is 10.0 Å². The molecule has 0 N–H and O–H groups in total. The van der Waals surface area contributed by atoms with Crippen LogP contribution < -0.4 is 4.90 Å². The van der Waals surface area contributed by atoms with Crippen LogP contribution in [-0.4, -0.2) is 43.8 Å². The average Bonchev–Trinajstić information content (AvgIpc) is 2.67. The van der Waals surface area contributed by atoms with Crippen molar-refractivity contribution in [1.29, 1.82) is 5.26 Å². The molecule has 0 spiro atoms. The minimum Gasteiger partial charge on any atom is -0.363 e. The van der Waals surface area contributed by atoms with Gasteiger partial charge in [0.2, 0.25) is 10.0 Å². The molecule has 0 atom stereocenters. The maximum Gasteiger partial charge on any atom is 0.293 e. The molecule has 0 unspecified atom stereocenters. The van der Waals surface area contributed by atoms with E-state index >= 15 is 0 Å². The van der Waals surface area contributed by atoms with E-state index in [-0.39, 0.29) is 42.3 Å². The SMILES string of the molecule is N#Cc1ccc(N2CCN(S(=O)(=O)c3cccc(F)c3)CC2)c([N+](=O)[O-])c1. The summed E-state index contributed by atoms with van der Waals surface area (Å²) < 4.78 is 39.9. The molecule has 3 rings (SSSR count). The lowest BCUT2D eigenvalue weighted by molar-refractivity contribution is -0.384. The van der Waals surface area contributed by atoms with Crippen molar-refractivity contribution < 1.29 is 17.7 Å². The van der Waals surface area contributed by atoms with Gasteiger partial charge in [-0.3, -0.25) is 10.1 Å². The molecule has 8 nitrogen and oxygen atoms in total. The van der Waals surface area contributed by atoms with Gasteiger partial charge in [-0.05, 0) is 30.3 Å². The van der Waals surface area contributed by atoms with Gasteiger partial charge in [0, 0.05) is 32.2 Å². The topological polar surface area (TPSA) is 108 Å². The number of rotatable bonds is 4. The summed E-state index contributed by atoms with van der Waals surface area (Å²) in [7, 11) is -3.84. The van der Waals surface area contributed by atoms with E-state index in [1.165, 1.54) is 40.7 Å². The molecular formula is C17H15FN4O4S. The fourth-order valence-corrected chi connectivity index (χ4v) is 4.41. The highest BCUT2D eigenvalue weighted by Gasteiger charge is 2.31. The van der Waals surface area contributed by atoms with Crippen LogP contribution in [0.5, 0.6) is 0 Å². The highest BCUT2D eigenvalue weighted by molar-refractivity contribution is 7.89. The van der Waals surface area contributed by atoms with Crippen molar-refractivity contribution in [2.45, 2.75) is 4.90 Å². The van der Waals surface area contributed by atoms with E-state index in [1.807, 2.05) is 6.07 Å². The van der Waals surface area contributed by atoms with Crippen LogP contribution in [0.1, 0.15) is 5.56 Å².